The van der Waals surface area contributed by atoms with Crippen molar-refractivity contribution >= 4 is 16.8 Å². The van der Waals surface area contributed by atoms with Crippen molar-refractivity contribution in [1.29, 1.82) is 0 Å². The molecule has 1 saturated carbocycles. The highest BCUT2D eigenvalue weighted by Crippen LogP contribution is 2.26. The molecule has 1 saturated heterocycles. The quantitative estimate of drug-likeness (QED) is 0.903. The average molecular weight is 340 g/mol. The van der Waals surface area contributed by atoms with Gasteiger partial charge in [0.05, 0.1) is 25.4 Å². The fraction of sp³-hybridized carbons (Fsp3) is 0.450. The molecule has 0 spiro atoms. The van der Waals surface area contributed by atoms with E-state index in [2.05, 4.69) is 34.9 Å². The first-order chi connectivity index (χ1) is 12.3. The Bertz CT molecular complexity index is 743. The van der Waals surface area contributed by atoms with E-state index >= 15 is 0 Å². The molecule has 1 aliphatic heterocycles. The van der Waals surface area contributed by atoms with Gasteiger partial charge in [-0.3, -0.25) is 0 Å². The second-order valence-electron chi connectivity index (χ2n) is 6.79. The Hall–Kier alpha value is -2.11. The van der Waals surface area contributed by atoms with Crippen LogP contribution in [0.2, 0.25) is 0 Å². The van der Waals surface area contributed by atoms with Crippen molar-refractivity contribution < 1.29 is 14.3 Å². The number of urea groups is 1. The Morgan fingerprint density at radius 1 is 1.00 bits per heavy atom. The normalized spacial score (nSPS) is 26.0. The summed E-state index contributed by atoms with van der Waals surface area (Å²) in [6.07, 6.45) is 3.02. The lowest BCUT2D eigenvalue weighted by molar-refractivity contribution is -0.157. The van der Waals surface area contributed by atoms with E-state index in [4.69, 9.17) is 9.47 Å². The molecular formula is C20H24N2O3. The van der Waals surface area contributed by atoms with Crippen LogP contribution in [0.25, 0.3) is 10.8 Å². The molecule has 1 aliphatic carbocycles. The first-order valence-electron chi connectivity index (χ1n) is 9.04. The smallest absolute Gasteiger partial charge is 0.315 e. The molecule has 5 nitrogen and oxygen atoms in total. The molecular weight excluding hydrogens is 316 g/mol. The maximum Gasteiger partial charge on any atom is 0.315 e. The van der Waals surface area contributed by atoms with Gasteiger partial charge in [0.2, 0.25) is 0 Å². The van der Waals surface area contributed by atoms with Gasteiger partial charge in [0.25, 0.3) is 0 Å². The molecule has 132 valence electrons. The first-order valence-corrected chi connectivity index (χ1v) is 9.04. The predicted octanol–water partition coefficient (Wildman–Crippen LogP) is 2.98. The second-order valence-corrected chi connectivity index (χ2v) is 6.79. The maximum atomic E-state index is 12.3. The molecule has 5 heteroatoms. The summed E-state index contributed by atoms with van der Waals surface area (Å²) in [5.41, 5.74) is 1.13. The molecule has 2 N–H and O–H groups in total. The minimum atomic E-state index is -0.117. The second kappa shape index (κ2) is 7.42. The van der Waals surface area contributed by atoms with Crippen molar-refractivity contribution in [2.75, 3.05) is 13.2 Å². The van der Waals surface area contributed by atoms with Crippen LogP contribution in [-0.2, 0) is 16.0 Å². The third-order valence-electron chi connectivity index (χ3n) is 5.13. The van der Waals surface area contributed by atoms with Crippen molar-refractivity contribution in [3.63, 3.8) is 0 Å². The lowest BCUT2D eigenvalue weighted by Crippen LogP contribution is -2.51. The predicted molar refractivity (Wildman–Crippen MR) is 96.4 cm³/mol. The monoisotopic (exact) mass is 340 g/mol. The molecule has 3 atom stereocenters. The van der Waals surface area contributed by atoms with Crippen molar-refractivity contribution in [1.82, 2.24) is 10.6 Å². The highest BCUT2D eigenvalue weighted by molar-refractivity contribution is 5.86. The van der Waals surface area contributed by atoms with Crippen molar-refractivity contribution in [2.45, 2.75) is 44.1 Å². The van der Waals surface area contributed by atoms with Gasteiger partial charge in [0, 0.05) is 12.6 Å². The van der Waals surface area contributed by atoms with Crippen molar-refractivity contribution in [2.24, 2.45) is 0 Å². The first kappa shape index (κ1) is 16.4. The van der Waals surface area contributed by atoms with Crippen molar-refractivity contribution in [3.05, 3.63) is 48.0 Å². The molecule has 0 bridgehead atoms. The number of rotatable bonds is 3. The lowest BCUT2D eigenvalue weighted by Gasteiger charge is -2.39. The van der Waals surface area contributed by atoms with Gasteiger partial charge < -0.3 is 20.1 Å². The number of nitrogens with one attached hydrogen (secondary N) is 2. The van der Waals surface area contributed by atoms with Gasteiger partial charge in [-0.05, 0) is 35.6 Å². The highest BCUT2D eigenvalue weighted by Gasteiger charge is 2.34. The Kier molecular flexibility index (Phi) is 4.85. The molecule has 1 heterocycles. The van der Waals surface area contributed by atoms with Gasteiger partial charge in [-0.25, -0.2) is 4.79 Å². The summed E-state index contributed by atoms with van der Waals surface area (Å²) >= 11 is 0. The van der Waals surface area contributed by atoms with E-state index in [1.54, 1.807) is 0 Å². The van der Waals surface area contributed by atoms with Crippen LogP contribution in [0, 0.1) is 0 Å². The average Bonchev–Trinajstić information content (AvgIpc) is 2.66. The number of carbonyl (C=O) groups is 1. The number of ether oxygens (including phenoxy) is 2. The SMILES string of the molecule is O=C(NCc1cccc2ccccc12)NC1CCC2OCCOC2C1. The van der Waals surface area contributed by atoms with Crippen LogP contribution in [0.5, 0.6) is 0 Å². The summed E-state index contributed by atoms with van der Waals surface area (Å²) in [7, 11) is 0. The van der Waals surface area contributed by atoms with Crippen LogP contribution in [-0.4, -0.2) is 37.5 Å². The number of hydrogen-bond donors (Lipinski definition) is 2. The van der Waals surface area contributed by atoms with E-state index in [9.17, 15) is 4.79 Å². The third-order valence-corrected chi connectivity index (χ3v) is 5.13. The summed E-state index contributed by atoms with van der Waals surface area (Å²) in [4.78, 5) is 12.3. The maximum absolute atomic E-state index is 12.3. The Balaban J connectivity index is 1.32. The Morgan fingerprint density at radius 3 is 2.72 bits per heavy atom. The highest BCUT2D eigenvalue weighted by atomic mass is 16.6. The zero-order valence-electron chi connectivity index (χ0n) is 14.2. The number of amides is 2. The number of benzene rings is 2. The number of fused-ring (bicyclic) bond motifs is 2. The van der Waals surface area contributed by atoms with E-state index in [0.717, 1.165) is 24.8 Å². The topological polar surface area (TPSA) is 59.6 Å². The number of carbonyl (C=O) groups excluding carboxylic acids is 1. The van der Waals surface area contributed by atoms with Gasteiger partial charge >= 0.3 is 6.03 Å². The van der Waals surface area contributed by atoms with Gasteiger partial charge in [-0.15, -0.1) is 0 Å². The standard InChI is InChI=1S/C20H24N2O3/c23-20(22-16-8-9-18-19(12-16)25-11-10-24-18)21-13-15-6-3-5-14-4-1-2-7-17(14)15/h1-7,16,18-19H,8-13H2,(H2,21,22,23). The number of hydrogen-bond acceptors (Lipinski definition) is 3. The molecule has 2 aromatic carbocycles. The third kappa shape index (κ3) is 3.78. The van der Waals surface area contributed by atoms with Crippen molar-refractivity contribution in [3.8, 4) is 0 Å². The molecule has 2 aromatic rings. The van der Waals surface area contributed by atoms with Crippen LogP contribution >= 0.6 is 0 Å². The zero-order valence-corrected chi connectivity index (χ0v) is 14.2. The van der Waals surface area contributed by atoms with Crippen LogP contribution in [0.4, 0.5) is 4.79 Å². The van der Waals surface area contributed by atoms with Crippen LogP contribution in [0.15, 0.2) is 42.5 Å². The van der Waals surface area contributed by atoms with Crippen LogP contribution in [0.3, 0.4) is 0 Å². The summed E-state index contributed by atoms with van der Waals surface area (Å²) < 4.78 is 11.5. The largest absolute Gasteiger partial charge is 0.373 e. The van der Waals surface area contributed by atoms with Gasteiger partial charge in [0.1, 0.15) is 0 Å². The summed E-state index contributed by atoms with van der Waals surface area (Å²) in [5.74, 6) is 0. The summed E-state index contributed by atoms with van der Waals surface area (Å²) in [6, 6.07) is 14.4. The molecule has 0 radical (unpaired) electrons. The van der Waals surface area contributed by atoms with Gasteiger partial charge in [0.15, 0.2) is 0 Å². The fourth-order valence-electron chi connectivity index (χ4n) is 3.86. The Labute approximate surface area is 147 Å². The Morgan fingerprint density at radius 2 is 1.80 bits per heavy atom. The molecule has 3 unspecified atom stereocenters. The molecule has 0 aromatic heterocycles. The fourth-order valence-corrected chi connectivity index (χ4v) is 3.86. The lowest BCUT2D eigenvalue weighted by atomic mass is 9.90. The van der Waals surface area contributed by atoms with E-state index in [1.807, 2.05) is 18.2 Å². The summed E-state index contributed by atoms with van der Waals surface area (Å²) in [6.45, 7) is 1.86. The molecule has 4 rings (SSSR count). The minimum absolute atomic E-state index is 0.117. The van der Waals surface area contributed by atoms with E-state index in [0.29, 0.717) is 19.8 Å². The van der Waals surface area contributed by atoms with Crippen LogP contribution < -0.4 is 10.6 Å². The van der Waals surface area contributed by atoms with Gasteiger partial charge in [-0.2, -0.15) is 0 Å². The zero-order chi connectivity index (χ0) is 17.1. The van der Waals surface area contributed by atoms with E-state index in [-0.39, 0.29) is 24.3 Å². The molecule has 2 fully saturated rings. The van der Waals surface area contributed by atoms with Gasteiger partial charge in [-0.1, -0.05) is 42.5 Å². The minimum Gasteiger partial charge on any atom is -0.373 e. The van der Waals surface area contributed by atoms with Crippen LogP contribution in [0.1, 0.15) is 24.8 Å². The molecule has 25 heavy (non-hydrogen) atoms. The molecule has 2 amide bonds. The van der Waals surface area contributed by atoms with E-state index in [1.165, 1.54) is 10.8 Å². The van der Waals surface area contributed by atoms with E-state index < -0.39 is 0 Å². The molecule has 2 aliphatic rings. The summed E-state index contributed by atoms with van der Waals surface area (Å²) in [5, 5.41) is 8.44.